The van der Waals surface area contributed by atoms with Crippen molar-refractivity contribution in [3.63, 3.8) is 0 Å². The molecule has 0 spiro atoms. The average molecular weight is 210 g/mol. The number of aryl methyl sites for hydroxylation is 1. The summed E-state index contributed by atoms with van der Waals surface area (Å²) in [6.45, 7) is 5.41. The summed E-state index contributed by atoms with van der Waals surface area (Å²) in [7, 11) is 0. The summed E-state index contributed by atoms with van der Waals surface area (Å²) in [5.74, 6) is -0.414. The lowest BCUT2D eigenvalue weighted by atomic mass is 10.1. The lowest BCUT2D eigenvalue weighted by Crippen LogP contribution is -2.13. The molecule has 0 unspecified atom stereocenters. The highest BCUT2D eigenvalue weighted by Gasteiger charge is 2.08. The van der Waals surface area contributed by atoms with E-state index in [1.165, 1.54) is 12.1 Å². The topological polar surface area (TPSA) is 26.3 Å². The highest BCUT2D eigenvalue weighted by molar-refractivity contribution is 5.97. The SMILES string of the molecule is Cc1cc(C(=O)COC(C)C)ccc1F. The van der Waals surface area contributed by atoms with Crippen LogP contribution in [0.25, 0.3) is 0 Å². The Hall–Kier alpha value is -1.22. The van der Waals surface area contributed by atoms with E-state index in [-0.39, 0.29) is 24.3 Å². The highest BCUT2D eigenvalue weighted by atomic mass is 19.1. The lowest BCUT2D eigenvalue weighted by molar-refractivity contribution is 0.0584. The molecule has 0 saturated carbocycles. The monoisotopic (exact) mass is 210 g/mol. The molecule has 0 aromatic heterocycles. The number of halogens is 1. The molecule has 2 nitrogen and oxygen atoms in total. The van der Waals surface area contributed by atoms with Crippen molar-refractivity contribution in [2.45, 2.75) is 26.9 Å². The average Bonchev–Trinajstić information content (AvgIpc) is 2.18. The molecule has 0 aliphatic rings. The Kier molecular flexibility index (Phi) is 3.97. The first-order valence-corrected chi connectivity index (χ1v) is 4.91. The summed E-state index contributed by atoms with van der Waals surface area (Å²) in [6.07, 6.45) is 0.0236. The van der Waals surface area contributed by atoms with Gasteiger partial charge in [0, 0.05) is 5.56 Å². The van der Waals surface area contributed by atoms with Crippen molar-refractivity contribution in [1.29, 1.82) is 0 Å². The molecule has 0 atom stereocenters. The molecule has 0 fully saturated rings. The van der Waals surface area contributed by atoms with Crippen LogP contribution in [0.2, 0.25) is 0 Å². The Balaban J connectivity index is 2.70. The van der Waals surface area contributed by atoms with E-state index in [1.54, 1.807) is 13.0 Å². The minimum absolute atomic E-state index is 0.0236. The third kappa shape index (κ3) is 3.44. The van der Waals surface area contributed by atoms with Crippen LogP contribution < -0.4 is 0 Å². The van der Waals surface area contributed by atoms with Gasteiger partial charge in [0.1, 0.15) is 12.4 Å². The zero-order valence-electron chi connectivity index (χ0n) is 9.21. The zero-order chi connectivity index (χ0) is 11.4. The van der Waals surface area contributed by atoms with Crippen LogP contribution in [0, 0.1) is 12.7 Å². The fraction of sp³-hybridized carbons (Fsp3) is 0.417. The molecule has 0 saturated heterocycles. The maximum atomic E-state index is 12.9. The number of carbonyl (C=O) groups excluding carboxylic acids is 1. The molecule has 1 aromatic rings. The zero-order valence-corrected chi connectivity index (χ0v) is 9.21. The molecular formula is C12H15FO2. The van der Waals surface area contributed by atoms with Crippen molar-refractivity contribution in [3.05, 3.63) is 35.1 Å². The van der Waals surface area contributed by atoms with Gasteiger partial charge in [-0.15, -0.1) is 0 Å². The summed E-state index contributed by atoms with van der Waals surface area (Å²) in [5.41, 5.74) is 0.972. The lowest BCUT2D eigenvalue weighted by Gasteiger charge is -2.07. The molecule has 0 aliphatic carbocycles. The Labute approximate surface area is 89.1 Å². The Morgan fingerprint density at radius 1 is 1.47 bits per heavy atom. The summed E-state index contributed by atoms with van der Waals surface area (Å²) in [5, 5.41) is 0. The van der Waals surface area contributed by atoms with Gasteiger partial charge >= 0.3 is 0 Å². The van der Waals surface area contributed by atoms with Crippen LogP contribution in [-0.4, -0.2) is 18.5 Å². The number of carbonyl (C=O) groups is 1. The number of ether oxygens (including phenoxy) is 1. The van der Waals surface area contributed by atoms with Gasteiger partial charge in [-0.3, -0.25) is 4.79 Å². The van der Waals surface area contributed by atoms with E-state index in [1.807, 2.05) is 13.8 Å². The van der Waals surface area contributed by atoms with Gasteiger partial charge < -0.3 is 4.74 Å². The van der Waals surface area contributed by atoms with Gasteiger partial charge in [0.25, 0.3) is 0 Å². The molecule has 0 amide bonds. The minimum atomic E-state index is -0.295. The maximum absolute atomic E-state index is 12.9. The van der Waals surface area contributed by atoms with Crippen LogP contribution in [0.5, 0.6) is 0 Å². The van der Waals surface area contributed by atoms with E-state index in [9.17, 15) is 9.18 Å². The van der Waals surface area contributed by atoms with Crippen LogP contribution in [-0.2, 0) is 4.74 Å². The molecule has 15 heavy (non-hydrogen) atoms. The second-order valence-corrected chi connectivity index (χ2v) is 3.75. The van der Waals surface area contributed by atoms with Crippen molar-refractivity contribution in [3.8, 4) is 0 Å². The minimum Gasteiger partial charge on any atom is -0.371 e. The van der Waals surface area contributed by atoms with Gasteiger partial charge in [0.05, 0.1) is 6.10 Å². The van der Waals surface area contributed by atoms with E-state index in [4.69, 9.17) is 4.74 Å². The molecule has 1 rings (SSSR count). The molecule has 0 heterocycles. The third-order valence-corrected chi connectivity index (χ3v) is 2.03. The number of hydrogen-bond acceptors (Lipinski definition) is 2. The third-order valence-electron chi connectivity index (χ3n) is 2.03. The largest absolute Gasteiger partial charge is 0.371 e. The Morgan fingerprint density at radius 3 is 2.67 bits per heavy atom. The van der Waals surface area contributed by atoms with Crippen LogP contribution >= 0.6 is 0 Å². The van der Waals surface area contributed by atoms with Gasteiger partial charge in [-0.2, -0.15) is 0 Å². The summed E-state index contributed by atoms with van der Waals surface area (Å²) < 4.78 is 18.1. The van der Waals surface area contributed by atoms with E-state index in [2.05, 4.69) is 0 Å². The van der Waals surface area contributed by atoms with Crippen molar-refractivity contribution < 1.29 is 13.9 Å². The predicted octanol–water partition coefficient (Wildman–Crippen LogP) is 2.74. The van der Waals surface area contributed by atoms with Gasteiger partial charge in [-0.05, 0) is 44.5 Å². The fourth-order valence-corrected chi connectivity index (χ4v) is 1.14. The van der Waals surface area contributed by atoms with Gasteiger partial charge in [0.15, 0.2) is 5.78 Å². The number of hydrogen-bond donors (Lipinski definition) is 0. The van der Waals surface area contributed by atoms with Gasteiger partial charge in [-0.1, -0.05) is 0 Å². The summed E-state index contributed by atoms with van der Waals surface area (Å²) in [6, 6.07) is 4.33. The van der Waals surface area contributed by atoms with E-state index >= 15 is 0 Å². The standard InChI is InChI=1S/C12H15FO2/c1-8(2)15-7-12(14)10-4-5-11(13)9(3)6-10/h4-6,8H,7H2,1-3H3. The summed E-state index contributed by atoms with van der Waals surface area (Å²) >= 11 is 0. The molecule has 82 valence electrons. The first-order valence-electron chi connectivity index (χ1n) is 4.91. The summed E-state index contributed by atoms with van der Waals surface area (Å²) in [4.78, 5) is 11.6. The van der Waals surface area contributed by atoms with Crippen LogP contribution in [0.1, 0.15) is 29.8 Å². The quantitative estimate of drug-likeness (QED) is 0.714. The molecule has 0 aliphatic heterocycles. The van der Waals surface area contributed by atoms with Crippen molar-refractivity contribution in [2.75, 3.05) is 6.61 Å². The molecular weight excluding hydrogens is 195 g/mol. The second kappa shape index (κ2) is 5.03. The predicted molar refractivity (Wildman–Crippen MR) is 56.6 cm³/mol. The Morgan fingerprint density at radius 2 is 2.13 bits per heavy atom. The molecule has 1 aromatic carbocycles. The smallest absolute Gasteiger partial charge is 0.188 e. The van der Waals surface area contributed by atoms with E-state index in [0.717, 1.165) is 0 Å². The number of benzene rings is 1. The van der Waals surface area contributed by atoms with Crippen molar-refractivity contribution in [2.24, 2.45) is 0 Å². The maximum Gasteiger partial charge on any atom is 0.188 e. The van der Waals surface area contributed by atoms with Crippen LogP contribution in [0.3, 0.4) is 0 Å². The second-order valence-electron chi connectivity index (χ2n) is 3.75. The normalized spacial score (nSPS) is 10.7. The highest BCUT2D eigenvalue weighted by Crippen LogP contribution is 2.10. The molecule has 0 bridgehead atoms. The number of Topliss-reactive ketones (excluding diaryl/α,β-unsaturated/α-hetero) is 1. The first kappa shape index (κ1) is 11.9. The fourth-order valence-electron chi connectivity index (χ4n) is 1.14. The van der Waals surface area contributed by atoms with E-state index < -0.39 is 0 Å². The van der Waals surface area contributed by atoms with Gasteiger partial charge in [-0.25, -0.2) is 4.39 Å². The number of rotatable bonds is 4. The van der Waals surface area contributed by atoms with E-state index in [0.29, 0.717) is 11.1 Å². The Bertz CT molecular complexity index is 359. The molecule has 3 heteroatoms. The number of ketones is 1. The molecule has 0 radical (unpaired) electrons. The first-order chi connectivity index (χ1) is 7.00. The van der Waals surface area contributed by atoms with Gasteiger partial charge in [0.2, 0.25) is 0 Å². The van der Waals surface area contributed by atoms with Crippen LogP contribution in [0.4, 0.5) is 4.39 Å². The van der Waals surface area contributed by atoms with Crippen molar-refractivity contribution in [1.82, 2.24) is 0 Å². The van der Waals surface area contributed by atoms with Crippen LogP contribution in [0.15, 0.2) is 18.2 Å². The molecule has 0 N–H and O–H groups in total. The van der Waals surface area contributed by atoms with Crippen molar-refractivity contribution >= 4 is 5.78 Å².